The predicted octanol–water partition coefficient (Wildman–Crippen LogP) is 2.40. The Bertz CT molecular complexity index is 334. The normalized spacial score (nSPS) is 11.9. The number of ether oxygens (including phenoxy) is 1. The van der Waals surface area contributed by atoms with Gasteiger partial charge in [-0.15, -0.1) is 0 Å². The lowest BCUT2D eigenvalue weighted by Crippen LogP contribution is -2.26. The molecule has 0 fully saturated rings. The Balaban J connectivity index is 2.74. The predicted molar refractivity (Wildman–Crippen MR) is 66.5 cm³/mol. The highest BCUT2D eigenvalue weighted by Gasteiger charge is 2.17. The molecule has 0 unspecified atom stereocenters. The molecule has 16 heavy (non-hydrogen) atoms. The van der Waals surface area contributed by atoms with E-state index >= 15 is 0 Å². The fourth-order valence-corrected chi connectivity index (χ4v) is 1.43. The summed E-state index contributed by atoms with van der Waals surface area (Å²) in [5, 5.41) is 0. The summed E-state index contributed by atoms with van der Waals surface area (Å²) in [6.45, 7) is 8.94. The van der Waals surface area contributed by atoms with Crippen LogP contribution >= 0.6 is 0 Å². The lowest BCUT2D eigenvalue weighted by molar-refractivity contribution is 0.231. The quantitative estimate of drug-likeness (QED) is 0.832. The molecule has 1 aromatic heterocycles. The molecule has 1 rings (SSSR count). The van der Waals surface area contributed by atoms with Gasteiger partial charge in [0.05, 0.1) is 6.10 Å². The van der Waals surface area contributed by atoms with Gasteiger partial charge in [-0.3, -0.25) is 0 Å². The second kappa shape index (κ2) is 5.30. The Hall–Kier alpha value is -1.09. The van der Waals surface area contributed by atoms with Gasteiger partial charge >= 0.3 is 0 Å². The van der Waals surface area contributed by atoms with Crippen molar-refractivity contribution < 1.29 is 4.74 Å². The summed E-state index contributed by atoms with van der Waals surface area (Å²) in [6.07, 6.45) is 1.03. The van der Waals surface area contributed by atoms with Crippen LogP contribution in [-0.4, -0.2) is 17.6 Å². The summed E-state index contributed by atoms with van der Waals surface area (Å²) in [4.78, 5) is 4.47. The summed E-state index contributed by atoms with van der Waals surface area (Å²) >= 11 is 0. The van der Waals surface area contributed by atoms with Crippen molar-refractivity contribution >= 4 is 0 Å². The Morgan fingerprint density at radius 1 is 1.38 bits per heavy atom. The maximum atomic E-state index is 5.71. The summed E-state index contributed by atoms with van der Waals surface area (Å²) < 4.78 is 5.56. The van der Waals surface area contributed by atoms with Gasteiger partial charge in [0.2, 0.25) is 5.88 Å². The zero-order valence-electron chi connectivity index (χ0n) is 10.7. The van der Waals surface area contributed by atoms with Crippen molar-refractivity contribution in [3.8, 4) is 5.88 Å². The van der Waals surface area contributed by atoms with Crippen LogP contribution in [0.1, 0.15) is 33.4 Å². The van der Waals surface area contributed by atoms with Crippen LogP contribution in [-0.2, 0) is 6.42 Å². The number of aromatic nitrogens is 1. The largest absolute Gasteiger partial charge is 0.475 e. The molecular weight excluding hydrogens is 200 g/mol. The molecule has 0 atom stereocenters. The standard InChI is InChI=1S/C13H22N2O/c1-10(2)16-12-7-5-6-11(15-12)8-13(3,4)9-14/h5-7,10H,8-9,14H2,1-4H3. The van der Waals surface area contributed by atoms with Crippen molar-refractivity contribution in [3.63, 3.8) is 0 Å². The molecule has 3 nitrogen and oxygen atoms in total. The van der Waals surface area contributed by atoms with E-state index in [0.717, 1.165) is 12.1 Å². The molecule has 2 N–H and O–H groups in total. The third-order valence-electron chi connectivity index (χ3n) is 2.35. The molecule has 0 saturated heterocycles. The van der Waals surface area contributed by atoms with Crippen LogP contribution < -0.4 is 10.5 Å². The Morgan fingerprint density at radius 2 is 2.06 bits per heavy atom. The number of nitrogens with two attached hydrogens (primary N) is 1. The minimum atomic E-state index is 0.0868. The maximum Gasteiger partial charge on any atom is 0.213 e. The third-order valence-corrected chi connectivity index (χ3v) is 2.35. The van der Waals surface area contributed by atoms with Crippen LogP contribution in [0.2, 0.25) is 0 Å². The molecular formula is C13H22N2O. The topological polar surface area (TPSA) is 48.1 Å². The van der Waals surface area contributed by atoms with Crippen molar-refractivity contribution in [1.82, 2.24) is 4.98 Å². The number of hydrogen-bond acceptors (Lipinski definition) is 3. The number of hydrogen-bond donors (Lipinski definition) is 1. The molecule has 0 aliphatic heterocycles. The molecule has 3 heteroatoms. The Kier molecular flexibility index (Phi) is 4.30. The van der Waals surface area contributed by atoms with Crippen molar-refractivity contribution in [2.45, 2.75) is 40.2 Å². The average Bonchev–Trinajstić information content (AvgIpc) is 2.16. The van der Waals surface area contributed by atoms with Crippen molar-refractivity contribution in [2.75, 3.05) is 6.54 Å². The first-order valence-corrected chi connectivity index (χ1v) is 5.75. The molecule has 0 radical (unpaired) electrons. The van der Waals surface area contributed by atoms with Crippen LogP contribution in [0.3, 0.4) is 0 Å². The first-order chi connectivity index (χ1) is 7.43. The smallest absolute Gasteiger partial charge is 0.213 e. The van der Waals surface area contributed by atoms with E-state index in [1.165, 1.54) is 0 Å². The van der Waals surface area contributed by atoms with E-state index in [1.54, 1.807) is 0 Å². The number of nitrogens with zero attached hydrogens (tertiary/aromatic N) is 1. The summed E-state index contributed by atoms with van der Waals surface area (Å²) in [6, 6.07) is 5.89. The Morgan fingerprint density at radius 3 is 2.62 bits per heavy atom. The van der Waals surface area contributed by atoms with Crippen LogP contribution in [0, 0.1) is 5.41 Å². The molecule has 90 valence electrons. The second-order valence-electron chi connectivity index (χ2n) is 5.18. The van der Waals surface area contributed by atoms with Gasteiger partial charge in [0, 0.05) is 11.8 Å². The molecule has 0 spiro atoms. The van der Waals surface area contributed by atoms with Gasteiger partial charge in [-0.05, 0) is 38.3 Å². The molecule has 0 bridgehead atoms. The lowest BCUT2D eigenvalue weighted by atomic mass is 9.88. The van der Waals surface area contributed by atoms with E-state index in [4.69, 9.17) is 10.5 Å². The van der Waals surface area contributed by atoms with Gasteiger partial charge in [-0.25, -0.2) is 4.98 Å². The molecule has 0 aliphatic rings. The van der Waals surface area contributed by atoms with Crippen LogP contribution in [0.15, 0.2) is 18.2 Å². The first-order valence-electron chi connectivity index (χ1n) is 5.75. The highest BCUT2D eigenvalue weighted by molar-refractivity contribution is 5.17. The molecule has 0 aromatic carbocycles. The van der Waals surface area contributed by atoms with E-state index in [9.17, 15) is 0 Å². The van der Waals surface area contributed by atoms with Gasteiger partial charge < -0.3 is 10.5 Å². The zero-order valence-corrected chi connectivity index (χ0v) is 10.7. The Labute approximate surface area is 98.0 Å². The minimum Gasteiger partial charge on any atom is -0.475 e. The van der Waals surface area contributed by atoms with E-state index < -0.39 is 0 Å². The molecule has 0 amide bonds. The van der Waals surface area contributed by atoms with Crippen molar-refractivity contribution in [2.24, 2.45) is 11.1 Å². The van der Waals surface area contributed by atoms with E-state index in [2.05, 4.69) is 18.8 Å². The summed E-state index contributed by atoms with van der Waals surface area (Å²) in [5.74, 6) is 0.695. The van der Waals surface area contributed by atoms with Gasteiger partial charge in [0.1, 0.15) is 0 Å². The highest BCUT2D eigenvalue weighted by atomic mass is 16.5. The summed E-state index contributed by atoms with van der Waals surface area (Å²) in [5.41, 5.74) is 6.84. The first kappa shape index (κ1) is 13.0. The van der Waals surface area contributed by atoms with Crippen LogP contribution in [0.25, 0.3) is 0 Å². The van der Waals surface area contributed by atoms with Gasteiger partial charge in [-0.2, -0.15) is 0 Å². The number of pyridine rings is 1. The monoisotopic (exact) mass is 222 g/mol. The second-order valence-corrected chi connectivity index (χ2v) is 5.18. The van der Waals surface area contributed by atoms with Gasteiger partial charge in [0.15, 0.2) is 0 Å². The fraction of sp³-hybridized carbons (Fsp3) is 0.615. The highest BCUT2D eigenvalue weighted by Crippen LogP contribution is 2.20. The minimum absolute atomic E-state index is 0.0868. The molecule has 0 aliphatic carbocycles. The van der Waals surface area contributed by atoms with E-state index in [-0.39, 0.29) is 11.5 Å². The average molecular weight is 222 g/mol. The van der Waals surface area contributed by atoms with Crippen LogP contribution in [0.5, 0.6) is 5.88 Å². The van der Waals surface area contributed by atoms with Gasteiger partial charge in [0.25, 0.3) is 0 Å². The lowest BCUT2D eigenvalue weighted by Gasteiger charge is -2.21. The van der Waals surface area contributed by atoms with Gasteiger partial charge in [-0.1, -0.05) is 19.9 Å². The maximum absolute atomic E-state index is 5.71. The fourth-order valence-electron chi connectivity index (χ4n) is 1.43. The van der Waals surface area contributed by atoms with Crippen LogP contribution in [0.4, 0.5) is 0 Å². The van der Waals surface area contributed by atoms with Crippen molar-refractivity contribution in [1.29, 1.82) is 0 Å². The number of rotatable bonds is 5. The van der Waals surface area contributed by atoms with E-state index in [0.29, 0.717) is 12.4 Å². The molecule has 1 heterocycles. The SMILES string of the molecule is CC(C)Oc1cccc(CC(C)(C)CN)n1. The van der Waals surface area contributed by atoms with E-state index in [1.807, 2.05) is 32.0 Å². The molecule has 0 saturated carbocycles. The van der Waals surface area contributed by atoms with Crippen molar-refractivity contribution in [3.05, 3.63) is 23.9 Å². The third kappa shape index (κ3) is 4.19. The summed E-state index contributed by atoms with van der Waals surface area (Å²) in [7, 11) is 0. The molecule has 1 aromatic rings. The zero-order chi connectivity index (χ0) is 12.2.